The molecule has 21 heavy (non-hydrogen) atoms. The predicted octanol–water partition coefficient (Wildman–Crippen LogP) is 4.73. The van der Waals surface area contributed by atoms with E-state index < -0.39 is 12.1 Å². The molecule has 0 aliphatic heterocycles. The molecule has 0 radical (unpaired) electrons. The number of halogens is 4. The zero-order chi connectivity index (χ0) is 15.5. The van der Waals surface area contributed by atoms with Crippen molar-refractivity contribution in [2.45, 2.75) is 37.7 Å². The molecule has 1 N–H and O–H groups in total. The first-order valence-corrected chi connectivity index (χ1v) is 7.46. The zero-order valence-corrected chi connectivity index (χ0v) is 12.2. The summed E-state index contributed by atoms with van der Waals surface area (Å²) in [5.74, 6) is -1.40. The van der Waals surface area contributed by atoms with Gasteiger partial charge >= 0.3 is 6.18 Å². The van der Waals surface area contributed by atoms with E-state index in [4.69, 9.17) is 11.6 Å². The van der Waals surface area contributed by atoms with E-state index in [1.54, 1.807) is 12.1 Å². The number of nitrogens with one attached hydrogen (secondary N) is 1. The molecular weight excluding hydrogens is 303 g/mol. The van der Waals surface area contributed by atoms with Crippen LogP contribution in [0.15, 0.2) is 24.3 Å². The summed E-state index contributed by atoms with van der Waals surface area (Å²) >= 11 is 5.68. The minimum absolute atomic E-state index is 0.0345. The molecule has 6 heteroatoms. The highest BCUT2D eigenvalue weighted by Gasteiger charge is 2.42. The maximum absolute atomic E-state index is 12.6. The van der Waals surface area contributed by atoms with Gasteiger partial charge in [-0.05, 0) is 43.4 Å². The highest BCUT2D eigenvalue weighted by Crippen LogP contribution is 2.39. The summed E-state index contributed by atoms with van der Waals surface area (Å²) in [6.07, 6.45) is -3.50. The quantitative estimate of drug-likeness (QED) is 0.802. The molecule has 2 rings (SSSR count). The SMILES string of the molecule is O=C(Nc1ccc(CCl)cc1)C1CCC(C(F)(F)F)CC1. The first-order valence-electron chi connectivity index (χ1n) is 6.92. The summed E-state index contributed by atoms with van der Waals surface area (Å²) < 4.78 is 37.7. The van der Waals surface area contributed by atoms with Crippen LogP contribution in [0.5, 0.6) is 0 Å². The van der Waals surface area contributed by atoms with Crippen LogP contribution in [-0.2, 0) is 10.7 Å². The molecule has 1 aliphatic rings. The lowest BCUT2D eigenvalue weighted by Gasteiger charge is -2.29. The number of hydrogen-bond acceptors (Lipinski definition) is 1. The fourth-order valence-electron chi connectivity index (χ4n) is 2.60. The lowest BCUT2D eigenvalue weighted by Crippen LogP contribution is -2.32. The predicted molar refractivity (Wildman–Crippen MR) is 76.1 cm³/mol. The summed E-state index contributed by atoms with van der Waals surface area (Å²) in [6, 6.07) is 7.11. The van der Waals surface area contributed by atoms with E-state index in [0.29, 0.717) is 11.6 Å². The summed E-state index contributed by atoms with van der Waals surface area (Å²) in [5, 5.41) is 2.75. The number of benzene rings is 1. The Labute approximate surface area is 126 Å². The lowest BCUT2D eigenvalue weighted by atomic mass is 9.81. The molecule has 0 aromatic heterocycles. The second-order valence-electron chi connectivity index (χ2n) is 5.41. The molecule has 1 saturated carbocycles. The van der Waals surface area contributed by atoms with Crippen molar-refractivity contribution in [1.82, 2.24) is 0 Å². The Morgan fingerprint density at radius 2 is 1.71 bits per heavy atom. The third-order valence-corrected chi connectivity index (χ3v) is 4.25. The molecule has 0 heterocycles. The maximum atomic E-state index is 12.6. The van der Waals surface area contributed by atoms with Gasteiger partial charge in [0, 0.05) is 17.5 Å². The Hall–Kier alpha value is -1.23. The first-order chi connectivity index (χ1) is 9.90. The van der Waals surface area contributed by atoms with Crippen molar-refractivity contribution in [3.63, 3.8) is 0 Å². The summed E-state index contributed by atoms with van der Waals surface area (Å²) in [6.45, 7) is 0. The van der Waals surface area contributed by atoms with E-state index in [1.807, 2.05) is 12.1 Å². The highest BCUT2D eigenvalue weighted by molar-refractivity contribution is 6.17. The fourth-order valence-corrected chi connectivity index (χ4v) is 2.78. The second kappa shape index (κ2) is 6.69. The van der Waals surface area contributed by atoms with Crippen molar-refractivity contribution in [2.24, 2.45) is 11.8 Å². The Morgan fingerprint density at radius 3 is 2.19 bits per heavy atom. The molecule has 2 nitrogen and oxygen atoms in total. The van der Waals surface area contributed by atoms with Crippen molar-refractivity contribution < 1.29 is 18.0 Å². The van der Waals surface area contributed by atoms with Crippen molar-refractivity contribution >= 4 is 23.2 Å². The van der Waals surface area contributed by atoms with E-state index >= 15 is 0 Å². The Kier molecular flexibility index (Phi) is 5.14. The van der Waals surface area contributed by atoms with Gasteiger partial charge in [-0.15, -0.1) is 11.6 Å². The van der Waals surface area contributed by atoms with Gasteiger partial charge in [-0.25, -0.2) is 0 Å². The van der Waals surface area contributed by atoms with E-state index in [1.165, 1.54) is 0 Å². The summed E-state index contributed by atoms with van der Waals surface area (Å²) in [7, 11) is 0. The molecule has 116 valence electrons. The van der Waals surface area contributed by atoms with Gasteiger partial charge in [-0.3, -0.25) is 4.79 Å². The molecule has 1 amide bonds. The molecule has 0 unspecified atom stereocenters. The number of alkyl halides is 4. The van der Waals surface area contributed by atoms with Gasteiger partial charge in [0.15, 0.2) is 0 Å². The fraction of sp³-hybridized carbons (Fsp3) is 0.533. The van der Waals surface area contributed by atoms with Gasteiger partial charge in [-0.1, -0.05) is 12.1 Å². The van der Waals surface area contributed by atoms with Crippen molar-refractivity contribution in [1.29, 1.82) is 0 Å². The number of amides is 1. The van der Waals surface area contributed by atoms with Crippen LogP contribution in [0.4, 0.5) is 18.9 Å². The number of rotatable bonds is 3. The minimum Gasteiger partial charge on any atom is -0.326 e. The lowest BCUT2D eigenvalue weighted by molar-refractivity contribution is -0.184. The van der Waals surface area contributed by atoms with Crippen LogP contribution in [0.25, 0.3) is 0 Å². The molecule has 0 atom stereocenters. The maximum Gasteiger partial charge on any atom is 0.391 e. The highest BCUT2D eigenvalue weighted by atomic mass is 35.5. The molecule has 1 fully saturated rings. The number of hydrogen-bond donors (Lipinski definition) is 1. The minimum atomic E-state index is -4.14. The van der Waals surface area contributed by atoms with Crippen LogP contribution in [0.3, 0.4) is 0 Å². The van der Waals surface area contributed by atoms with Crippen molar-refractivity contribution in [2.75, 3.05) is 5.32 Å². The van der Waals surface area contributed by atoms with Gasteiger partial charge in [0.1, 0.15) is 0 Å². The molecular formula is C15H17ClF3NO. The van der Waals surface area contributed by atoms with Gasteiger partial charge in [0.05, 0.1) is 5.92 Å². The van der Waals surface area contributed by atoms with E-state index in [-0.39, 0.29) is 37.5 Å². The Balaban J connectivity index is 1.87. The largest absolute Gasteiger partial charge is 0.391 e. The molecule has 1 aromatic carbocycles. The number of carbonyl (C=O) groups is 1. The summed E-state index contributed by atoms with van der Waals surface area (Å²) in [4.78, 5) is 12.1. The smallest absolute Gasteiger partial charge is 0.326 e. The average molecular weight is 320 g/mol. The number of anilines is 1. The van der Waals surface area contributed by atoms with Crippen LogP contribution in [0, 0.1) is 11.8 Å². The Bertz CT molecular complexity index is 479. The van der Waals surface area contributed by atoms with Crippen LogP contribution >= 0.6 is 11.6 Å². The van der Waals surface area contributed by atoms with Gasteiger partial charge in [0.25, 0.3) is 0 Å². The standard InChI is InChI=1S/C15H17ClF3NO/c16-9-10-1-7-13(8-2-10)20-14(21)11-3-5-12(6-4-11)15(17,18)19/h1-2,7-8,11-12H,3-6,9H2,(H,20,21). The monoisotopic (exact) mass is 319 g/mol. The van der Waals surface area contributed by atoms with Gasteiger partial charge < -0.3 is 5.32 Å². The second-order valence-corrected chi connectivity index (χ2v) is 5.68. The molecule has 1 aliphatic carbocycles. The van der Waals surface area contributed by atoms with Crippen molar-refractivity contribution in [3.8, 4) is 0 Å². The van der Waals surface area contributed by atoms with E-state index in [0.717, 1.165) is 5.56 Å². The van der Waals surface area contributed by atoms with E-state index in [9.17, 15) is 18.0 Å². The van der Waals surface area contributed by atoms with E-state index in [2.05, 4.69) is 5.32 Å². The first kappa shape index (κ1) is 16.1. The molecule has 1 aromatic rings. The normalized spacial score (nSPS) is 22.9. The zero-order valence-electron chi connectivity index (χ0n) is 11.4. The van der Waals surface area contributed by atoms with Crippen LogP contribution in [0.2, 0.25) is 0 Å². The van der Waals surface area contributed by atoms with Gasteiger partial charge in [0.2, 0.25) is 5.91 Å². The van der Waals surface area contributed by atoms with Gasteiger partial charge in [-0.2, -0.15) is 13.2 Å². The topological polar surface area (TPSA) is 29.1 Å². The molecule has 0 spiro atoms. The van der Waals surface area contributed by atoms with Crippen LogP contribution in [-0.4, -0.2) is 12.1 Å². The third-order valence-electron chi connectivity index (χ3n) is 3.94. The molecule has 0 bridgehead atoms. The number of carbonyl (C=O) groups excluding carboxylic acids is 1. The van der Waals surface area contributed by atoms with Crippen molar-refractivity contribution in [3.05, 3.63) is 29.8 Å². The summed E-state index contributed by atoms with van der Waals surface area (Å²) in [5.41, 5.74) is 1.59. The van der Waals surface area contributed by atoms with Crippen LogP contribution < -0.4 is 5.32 Å². The Morgan fingerprint density at radius 1 is 1.14 bits per heavy atom. The molecule has 0 saturated heterocycles. The third kappa shape index (κ3) is 4.37. The average Bonchev–Trinajstić information content (AvgIpc) is 2.47. The van der Waals surface area contributed by atoms with Crippen LogP contribution in [0.1, 0.15) is 31.2 Å².